The molecule has 0 spiro atoms. The highest BCUT2D eigenvalue weighted by atomic mass is 19.4. The van der Waals surface area contributed by atoms with Crippen LogP contribution in [0, 0.1) is 0 Å². The van der Waals surface area contributed by atoms with Crippen LogP contribution >= 0.6 is 0 Å². The van der Waals surface area contributed by atoms with Crippen molar-refractivity contribution in [2.75, 3.05) is 0 Å². The summed E-state index contributed by atoms with van der Waals surface area (Å²) in [5.74, 6) is -1.12. The second-order valence-corrected chi connectivity index (χ2v) is 4.06. The van der Waals surface area contributed by atoms with Gasteiger partial charge >= 0.3 is 6.18 Å². The quantitative estimate of drug-likeness (QED) is 0.631. The number of nitrogens with two attached hydrogens (primary N) is 1. The zero-order chi connectivity index (χ0) is 13.8. The van der Waals surface area contributed by atoms with Gasteiger partial charge in [-0.1, -0.05) is 0 Å². The number of benzene rings is 1. The summed E-state index contributed by atoms with van der Waals surface area (Å²) in [6.45, 7) is 0. The van der Waals surface area contributed by atoms with Gasteiger partial charge in [-0.3, -0.25) is 9.89 Å². The SMILES string of the molecule is NC(=O)c1ccc2[nH]c3[nH]ncc3c2c1C(F)(F)F. The van der Waals surface area contributed by atoms with Gasteiger partial charge in [0.05, 0.1) is 17.3 Å². The molecule has 19 heavy (non-hydrogen) atoms. The third kappa shape index (κ3) is 1.56. The van der Waals surface area contributed by atoms with Gasteiger partial charge in [0.2, 0.25) is 5.91 Å². The molecular formula is C11H7F3N4O. The molecule has 1 amide bonds. The number of carbonyl (C=O) groups is 1. The van der Waals surface area contributed by atoms with E-state index in [2.05, 4.69) is 15.2 Å². The van der Waals surface area contributed by atoms with Crippen molar-refractivity contribution in [3.8, 4) is 0 Å². The zero-order valence-corrected chi connectivity index (χ0v) is 9.30. The predicted molar refractivity (Wildman–Crippen MR) is 61.5 cm³/mol. The molecule has 5 nitrogen and oxygen atoms in total. The Hall–Kier alpha value is -2.51. The van der Waals surface area contributed by atoms with Crippen molar-refractivity contribution < 1.29 is 18.0 Å². The summed E-state index contributed by atoms with van der Waals surface area (Å²) in [6.07, 6.45) is -3.41. The van der Waals surface area contributed by atoms with Crippen LogP contribution in [0.25, 0.3) is 21.9 Å². The maximum absolute atomic E-state index is 13.2. The summed E-state index contributed by atoms with van der Waals surface area (Å²) in [4.78, 5) is 14.0. The molecule has 0 fully saturated rings. The molecule has 0 radical (unpaired) electrons. The van der Waals surface area contributed by atoms with Gasteiger partial charge in [0.15, 0.2) is 0 Å². The minimum absolute atomic E-state index is 0.104. The molecule has 0 aliphatic carbocycles. The number of alkyl halides is 3. The number of carbonyl (C=O) groups excluding carboxylic acids is 1. The van der Waals surface area contributed by atoms with Gasteiger partial charge in [-0.05, 0) is 12.1 Å². The van der Waals surface area contributed by atoms with E-state index >= 15 is 0 Å². The van der Waals surface area contributed by atoms with Gasteiger partial charge in [-0.2, -0.15) is 18.3 Å². The molecule has 0 bridgehead atoms. The van der Waals surface area contributed by atoms with Gasteiger partial charge in [-0.25, -0.2) is 0 Å². The van der Waals surface area contributed by atoms with Gasteiger partial charge < -0.3 is 10.7 Å². The number of aromatic amines is 2. The van der Waals surface area contributed by atoms with Crippen LogP contribution in [0.5, 0.6) is 0 Å². The second-order valence-electron chi connectivity index (χ2n) is 4.06. The lowest BCUT2D eigenvalue weighted by molar-refractivity contribution is -0.136. The molecule has 0 saturated heterocycles. The zero-order valence-electron chi connectivity index (χ0n) is 9.30. The molecule has 2 heterocycles. The largest absolute Gasteiger partial charge is 0.417 e. The van der Waals surface area contributed by atoms with Crippen LogP contribution in [0.1, 0.15) is 15.9 Å². The van der Waals surface area contributed by atoms with Crippen LogP contribution in [0.15, 0.2) is 18.3 Å². The molecule has 2 aromatic heterocycles. The van der Waals surface area contributed by atoms with Crippen LogP contribution in [0.3, 0.4) is 0 Å². The third-order valence-corrected chi connectivity index (χ3v) is 2.92. The summed E-state index contributed by atoms with van der Waals surface area (Å²) in [7, 11) is 0. The van der Waals surface area contributed by atoms with Crippen molar-refractivity contribution in [1.29, 1.82) is 0 Å². The number of rotatable bonds is 1. The summed E-state index contributed by atoms with van der Waals surface area (Å²) < 4.78 is 39.6. The summed E-state index contributed by atoms with van der Waals surface area (Å²) in [5.41, 5.74) is 4.06. The predicted octanol–water partition coefficient (Wildman–Crippen LogP) is 2.16. The summed E-state index contributed by atoms with van der Waals surface area (Å²) in [6, 6.07) is 2.45. The molecule has 1 aromatic carbocycles. The van der Waals surface area contributed by atoms with Crippen molar-refractivity contribution in [1.82, 2.24) is 15.2 Å². The lowest BCUT2D eigenvalue weighted by Gasteiger charge is -2.12. The van der Waals surface area contributed by atoms with Gasteiger partial charge in [0.25, 0.3) is 0 Å². The van der Waals surface area contributed by atoms with Crippen LogP contribution < -0.4 is 5.73 Å². The number of amides is 1. The molecule has 3 rings (SSSR count). The minimum Gasteiger partial charge on any atom is -0.366 e. The Labute approximate surface area is 103 Å². The Bertz CT molecular complexity index is 799. The monoisotopic (exact) mass is 268 g/mol. The number of fused-ring (bicyclic) bond motifs is 3. The molecule has 0 aliphatic rings. The molecule has 8 heteroatoms. The normalized spacial score (nSPS) is 12.4. The molecule has 0 aliphatic heterocycles. The van der Waals surface area contributed by atoms with E-state index in [1.807, 2.05) is 0 Å². The highest BCUT2D eigenvalue weighted by Gasteiger charge is 2.38. The van der Waals surface area contributed by atoms with E-state index in [0.717, 1.165) is 6.07 Å². The van der Waals surface area contributed by atoms with Crippen molar-refractivity contribution in [2.45, 2.75) is 6.18 Å². The first-order valence-corrected chi connectivity index (χ1v) is 5.24. The average Bonchev–Trinajstić information content (AvgIpc) is 2.85. The number of hydrogen-bond donors (Lipinski definition) is 3. The van der Waals surface area contributed by atoms with Crippen molar-refractivity contribution >= 4 is 27.8 Å². The number of nitrogens with zero attached hydrogens (tertiary/aromatic N) is 1. The first-order valence-electron chi connectivity index (χ1n) is 5.24. The Morgan fingerprint density at radius 1 is 1.32 bits per heavy atom. The van der Waals surface area contributed by atoms with E-state index in [1.54, 1.807) is 0 Å². The maximum Gasteiger partial charge on any atom is 0.417 e. The number of halogens is 3. The number of primary amides is 1. The Morgan fingerprint density at radius 2 is 2.05 bits per heavy atom. The lowest BCUT2D eigenvalue weighted by atomic mass is 10.0. The number of hydrogen-bond acceptors (Lipinski definition) is 2. The van der Waals surface area contributed by atoms with Crippen molar-refractivity contribution in [2.24, 2.45) is 5.73 Å². The molecule has 0 saturated carbocycles. The average molecular weight is 268 g/mol. The molecule has 4 N–H and O–H groups in total. The van der Waals surface area contributed by atoms with Crippen LogP contribution in [-0.2, 0) is 6.18 Å². The van der Waals surface area contributed by atoms with E-state index in [1.165, 1.54) is 12.3 Å². The first kappa shape index (κ1) is 11.6. The van der Waals surface area contributed by atoms with E-state index in [-0.39, 0.29) is 16.3 Å². The van der Waals surface area contributed by atoms with Crippen LogP contribution in [0.4, 0.5) is 13.2 Å². The number of aromatic nitrogens is 3. The maximum atomic E-state index is 13.2. The molecular weight excluding hydrogens is 261 g/mol. The second kappa shape index (κ2) is 3.50. The Morgan fingerprint density at radius 3 is 2.68 bits per heavy atom. The molecule has 0 unspecified atom stereocenters. The van der Waals surface area contributed by atoms with E-state index in [4.69, 9.17) is 5.73 Å². The fourth-order valence-corrected chi connectivity index (χ4v) is 2.19. The van der Waals surface area contributed by atoms with E-state index < -0.39 is 23.2 Å². The fourth-order valence-electron chi connectivity index (χ4n) is 2.19. The van der Waals surface area contributed by atoms with Gasteiger partial charge in [-0.15, -0.1) is 0 Å². The van der Waals surface area contributed by atoms with Crippen molar-refractivity contribution in [3.05, 3.63) is 29.5 Å². The fraction of sp³-hybridized carbons (Fsp3) is 0.0909. The molecule has 3 aromatic rings. The first-order chi connectivity index (χ1) is 8.89. The van der Waals surface area contributed by atoms with Crippen molar-refractivity contribution in [3.63, 3.8) is 0 Å². The van der Waals surface area contributed by atoms with Crippen LogP contribution in [-0.4, -0.2) is 21.1 Å². The minimum atomic E-state index is -4.68. The highest BCUT2D eigenvalue weighted by molar-refractivity contribution is 6.11. The Kier molecular flexibility index (Phi) is 2.13. The van der Waals surface area contributed by atoms with Gasteiger partial charge in [0.1, 0.15) is 5.65 Å². The summed E-state index contributed by atoms with van der Waals surface area (Å²) in [5, 5.41) is 6.38. The van der Waals surface area contributed by atoms with E-state index in [9.17, 15) is 18.0 Å². The van der Waals surface area contributed by atoms with Crippen LogP contribution in [0.2, 0.25) is 0 Å². The van der Waals surface area contributed by atoms with E-state index in [0.29, 0.717) is 5.65 Å². The third-order valence-electron chi connectivity index (χ3n) is 2.92. The highest BCUT2D eigenvalue weighted by Crippen LogP contribution is 2.40. The lowest BCUT2D eigenvalue weighted by Crippen LogP contribution is -2.19. The molecule has 98 valence electrons. The Balaban J connectivity index is 2.55. The number of nitrogens with one attached hydrogen (secondary N) is 2. The topological polar surface area (TPSA) is 87.6 Å². The summed E-state index contributed by atoms with van der Waals surface area (Å²) >= 11 is 0. The van der Waals surface area contributed by atoms with Gasteiger partial charge in [0, 0.05) is 16.3 Å². The molecule has 0 atom stereocenters. The smallest absolute Gasteiger partial charge is 0.366 e. The number of H-pyrrole nitrogens is 2. The standard InChI is InChI=1S/C11H7F3N4O/c12-11(13,14)8-4(9(15)19)1-2-6-7(8)5-3-16-18-10(5)17-6/h1-3H,(H2,15,19)(H2,16,17,18).